The van der Waals surface area contributed by atoms with Crippen molar-refractivity contribution in [1.29, 1.82) is 0 Å². The quantitative estimate of drug-likeness (QED) is 0.175. The Morgan fingerprint density at radius 3 is 2.15 bits per heavy atom. The normalized spacial score (nSPS) is 13.2. The largest absolute Gasteiger partial charge is 0.478 e. The van der Waals surface area contributed by atoms with Gasteiger partial charge in [0.25, 0.3) is 0 Å². The van der Waals surface area contributed by atoms with E-state index < -0.39 is 24.1 Å². The molecule has 2 atom stereocenters. The molecule has 0 spiro atoms. The van der Waals surface area contributed by atoms with Gasteiger partial charge in [-0.2, -0.15) is 0 Å². The van der Waals surface area contributed by atoms with E-state index in [1.807, 2.05) is 31.2 Å². The van der Waals surface area contributed by atoms with Gasteiger partial charge in [0.2, 0.25) is 0 Å². The summed E-state index contributed by atoms with van der Waals surface area (Å²) in [6, 6.07) is 26.1. The Kier molecular flexibility index (Phi) is 9.00. The van der Waals surface area contributed by atoms with E-state index >= 15 is 0 Å². The lowest BCUT2D eigenvalue weighted by Crippen LogP contribution is -2.46. The van der Waals surface area contributed by atoms with Crippen molar-refractivity contribution in [2.75, 3.05) is 13.2 Å². The van der Waals surface area contributed by atoms with Gasteiger partial charge in [0.15, 0.2) is 0 Å². The number of hydrogen-bond donors (Lipinski definition) is 4. The van der Waals surface area contributed by atoms with E-state index in [4.69, 9.17) is 4.74 Å². The van der Waals surface area contributed by atoms with Gasteiger partial charge in [0.1, 0.15) is 0 Å². The maximum Gasteiger partial charge on any atom is 0.335 e. The van der Waals surface area contributed by atoms with Crippen LogP contribution in [0.15, 0.2) is 84.9 Å². The lowest BCUT2D eigenvalue weighted by atomic mass is 9.93. The van der Waals surface area contributed by atoms with Gasteiger partial charge in [-0.05, 0) is 78.4 Å². The molecule has 4 aromatic rings. The number of carboxylic acids is 2. The highest BCUT2D eigenvalue weighted by Gasteiger charge is 2.21. The minimum atomic E-state index is -1.20. The summed E-state index contributed by atoms with van der Waals surface area (Å²) < 4.78 is 6.02. The molecular weight excluding hydrogens is 506 g/mol. The summed E-state index contributed by atoms with van der Waals surface area (Å²) in [4.78, 5) is 23.2. The van der Waals surface area contributed by atoms with E-state index in [1.54, 1.807) is 12.1 Å². The van der Waals surface area contributed by atoms with E-state index in [9.17, 15) is 24.9 Å². The summed E-state index contributed by atoms with van der Waals surface area (Å²) in [5.74, 6) is -2.41. The first-order valence-corrected chi connectivity index (χ1v) is 13.3. The second-order valence-electron chi connectivity index (χ2n) is 10.7. The number of benzene rings is 4. The lowest BCUT2D eigenvalue weighted by molar-refractivity contribution is -0.00397. The van der Waals surface area contributed by atoms with Crippen molar-refractivity contribution in [1.82, 2.24) is 5.32 Å². The third-order valence-electron chi connectivity index (χ3n) is 6.95. The predicted molar refractivity (Wildman–Crippen MR) is 156 cm³/mol. The maximum absolute atomic E-state index is 11.6. The Labute approximate surface area is 234 Å². The monoisotopic (exact) mass is 541 g/mol. The standard InChI is InChI=1S/C33H35NO6/c1-21(29-10-6-7-11-30(29)25-15-26(31(36)37)17-27(16-25)32(38)39)40-20-28(35)19-34-33(2,3)18-22-12-13-23-8-4-5-9-24(23)14-22/h4-17,21,28,34-35H,18-20H2,1-3H3,(H,36,37)(H,38,39)/t21?,28-/m1/s1. The molecule has 4 rings (SSSR count). The average Bonchev–Trinajstić information content (AvgIpc) is 2.94. The molecule has 0 aliphatic rings. The van der Waals surface area contributed by atoms with Gasteiger partial charge in [-0.15, -0.1) is 0 Å². The van der Waals surface area contributed by atoms with E-state index in [0.717, 1.165) is 18.1 Å². The molecule has 0 fully saturated rings. The Morgan fingerprint density at radius 1 is 0.850 bits per heavy atom. The Morgan fingerprint density at radius 2 is 1.48 bits per heavy atom. The highest BCUT2D eigenvalue weighted by atomic mass is 16.5. The van der Waals surface area contributed by atoms with Crippen LogP contribution in [-0.4, -0.2) is 52.1 Å². The molecule has 0 amide bonds. The van der Waals surface area contributed by atoms with Crippen LogP contribution in [0, 0.1) is 0 Å². The number of ether oxygens (including phenoxy) is 1. The second-order valence-corrected chi connectivity index (χ2v) is 10.7. The average molecular weight is 542 g/mol. The van der Waals surface area contributed by atoms with Crippen molar-refractivity contribution in [3.05, 3.63) is 107 Å². The zero-order chi connectivity index (χ0) is 28.9. The number of rotatable bonds is 12. The topological polar surface area (TPSA) is 116 Å². The van der Waals surface area contributed by atoms with Crippen LogP contribution in [0.3, 0.4) is 0 Å². The molecule has 0 aliphatic carbocycles. The molecule has 0 bridgehead atoms. The number of aromatic carboxylic acids is 2. The first-order chi connectivity index (χ1) is 19.0. The number of β-amino-alcohol motifs (C(OH)–C–C–N with tert-alkyl or cyclic N) is 1. The number of carbonyl (C=O) groups is 2. The van der Waals surface area contributed by atoms with Gasteiger partial charge in [0.05, 0.1) is 29.9 Å². The minimum absolute atomic E-state index is 0.0874. The highest BCUT2D eigenvalue weighted by molar-refractivity contribution is 5.96. The summed E-state index contributed by atoms with van der Waals surface area (Å²) >= 11 is 0. The van der Waals surface area contributed by atoms with Gasteiger partial charge < -0.3 is 25.4 Å². The van der Waals surface area contributed by atoms with Crippen LogP contribution < -0.4 is 5.32 Å². The lowest BCUT2D eigenvalue weighted by Gasteiger charge is -2.28. The number of fused-ring (bicyclic) bond motifs is 1. The Balaban J connectivity index is 1.38. The third-order valence-corrected chi connectivity index (χ3v) is 6.95. The molecule has 0 aliphatic heterocycles. The maximum atomic E-state index is 11.6. The fraction of sp³-hybridized carbons (Fsp3) is 0.273. The van der Waals surface area contributed by atoms with Crippen LogP contribution in [-0.2, 0) is 11.2 Å². The first kappa shape index (κ1) is 29.0. The van der Waals surface area contributed by atoms with Gasteiger partial charge in [-0.1, -0.05) is 66.7 Å². The molecule has 208 valence electrons. The summed E-state index contributed by atoms with van der Waals surface area (Å²) in [5, 5.41) is 35.5. The molecule has 4 N–H and O–H groups in total. The third kappa shape index (κ3) is 7.33. The van der Waals surface area contributed by atoms with Crippen LogP contribution in [0.2, 0.25) is 0 Å². The van der Waals surface area contributed by atoms with E-state index in [-0.39, 0.29) is 23.3 Å². The van der Waals surface area contributed by atoms with Crippen LogP contribution >= 0.6 is 0 Å². The molecule has 4 aromatic carbocycles. The van der Waals surface area contributed by atoms with Crippen molar-refractivity contribution in [3.63, 3.8) is 0 Å². The smallest absolute Gasteiger partial charge is 0.335 e. The van der Waals surface area contributed by atoms with Gasteiger partial charge in [0, 0.05) is 12.1 Å². The van der Waals surface area contributed by atoms with Crippen molar-refractivity contribution < 1.29 is 29.6 Å². The Bertz CT molecular complexity index is 1480. The van der Waals surface area contributed by atoms with Crippen LogP contribution in [0.1, 0.15) is 58.7 Å². The molecule has 7 nitrogen and oxygen atoms in total. The highest BCUT2D eigenvalue weighted by Crippen LogP contribution is 2.31. The van der Waals surface area contributed by atoms with Crippen molar-refractivity contribution in [2.24, 2.45) is 0 Å². The fourth-order valence-electron chi connectivity index (χ4n) is 4.86. The molecule has 0 aromatic heterocycles. The van der Waals surface area contributed by atoms with Crippen LogP contribution in [0.25, 0.3) is 21.9 Å². The molecule has 0 saturated carbocycles. The summed E-state index contributed by atoms with van der Waals surface area (Å²) in [5.41, 5.74) is 2.66. The second kappa shape index (κ2) is 12.4. The van der Waals surface area contributed by atoms with Gasteiger partial charge in [-0.25, -0.2) is 9.59 Å². The number of nitrogens with one attached hydrogen (secondary N) is 1. The number of carboxylic acid groups (broad SMARTS) is 2. The summed E-state index contributed by atoms with van der Waals surface area (Å²) in [7, 11) is 0. The van der Waals surface area contributed by atoms with Gasteiger partial charge in [-0.3, -0.25) is 0 Å². The number of aliphatic hydroxyl groups is 1. The molecular formula is C33H35NO6. The van der Waals surface area contributed by atoms with Crippen LogP contribution in [0.4, 0.5) is 0 Å². The fourth-order valence-corrected chi connectivity index (χ4v) is 4.86. The van der Waals surface area contributed by atoms with E-state index in [1.165, 1.54) is 28.5 Å². The summed E-state index contributed by atoms with van der Waals surface area (Å²) in [6.45, 7) is 6.49. The number of hydrogen-bond acceptors (Lipinski definition) is 5. The SMILES string of the molecule is CC(OC[C@H](O)CNC(C)(C)Cc1ccc2ccccc2c1)c1ccccc1-c1cc(C(=O)O)cc(C(=O)O)c1. The number of aliphatic hydroxyl groups excluding tert-OH is 1. The zero-order valence-corrected chi connectivity index (χ0v) is 22.9. The predicted octanol–water partition coefficient (Wildman–Crippen LogP) is 5.95. The van der Waals surface area contributed by atoms with Crippen molar-refractivity contribution in [3.8, 4) is 11.1 Å². The molecule has 0 heterocycles. The molecule has 1 unspecified atom stereocenters. The van der Waals surface area contributed by atoms with Gasteiger partial charge >= 0.3 is 11.9 Å². The minimum Gasteiger partial charge on any atom is -0.478 e. The van der Waals surface area contributed by atoms with Crippen molar-refractivity contribution in [2.45, 2.75) is 44.9 Å². The molecule has 7 heteroatoms. The Hall–Kier alpha value is -4.04. The summed E-state index contributed by atoms with van der Waals surface area (Å²) in [6.07, 6.45) is -0.388. The van der Waals surface area contributed by atoms with Crippen molar-refractivity contribution >= 4 is 22.7 Å². The zero-order valence-electron chi connectivity index (χ0n) is 22.9. The van der Waals surface area contributed by atoms with E-state index in [0.29, 0.717) is 17.7 Å². The molecule has 0 radical (unpaired) electrons. The first-order valence-electron chi connectivity index (χ1n) is 13.3. The molecule has 0 saturated heterocycles. The van der Waals surface area contributed by atoms with Crippen LogP contribution in [0.5, 0.6) is 0 Å². The van der Waals surface area contributed by atoms with E-state index in [2.05, 4.69) is 49.5 Å². The molecule has 40 heavy (non-hydrogen) atoms.